The Kier molecular flexibility index (Phi) is 3.99. The lowest BCUT2D eigenvalue weighted by atomic mass is 10.1. The first kappa shape index (κ1) is 15.1. The van der Waals surface area contributed by atoms with Crippen LogP contribution in [0.5, 0.6) is 11.5 Å². The van der Waals surface area contributed by atoms with E-state index >= 15 is 0 Å². The summed E-state index contributed by atoms with van der Waals surface area (Å²) in [7, 11) is 3.13. The maximum absolute atomic E-state index is 12.7. The predicted molar refractivity (Wildman–Crippen MR) is 86.2 cm³/mol. The lowest BCUT2D eigenvalue weighted by Gasteiger charge is -2.16. The third-order valence-electron chi connectivity index (χ3n) is 3.52. The van der Waals surface area contributed by atoms with Crippen LogP contribution in [-0.4, -0.2) is 32.6 Å². The SMILES string of the molecule is COCC(=O)Nc1ccc2c(c1)C(=O)N(C)c1ccccc1O2. The number of para-hydroxylation sites is 2. The molecule has 0 unspecified atom stereocenters. The van der Waals surface area contributed by atoms with Gasteiger partial charge in [0, 0.05) is 19.8 Å². The molecule has 0 bridgehead atoms. The summed E-state index contributed by atoms with van der Waals surface area (Å²) in [6.07, 6.45) is 0. The van der Waals surface area contributed by atoms with Gasteiger partial charge in [-0.3, -0.25) is 9.59 Å². The molecule has 0 atom stereocenters. The number of methoxy groups -OCH3 is 1. The van der Waals surface area contributed by atoms with E-state index in [1.807, 2.05) is 24.3 Å². The van der Waals surface area contributed by atoms with Gasteiger partial charge >= 0.3 is 0 Å². The second-order valence-electron chi connectivity index (χ2n) is 5.13. The van der Waals surface area contributed by atoms with Crippen molar-refractivity contribution >= 4 is 23.2 Å². The maximum Gasteiger partial charge on any atom is 0.261 e. The van der Waals surface area contributed by atoms with Gasteiger partial charge in [0.15, 0.2) is 5.75 Å². The van der Waals surface area contributed by atoms with Crippen LogP contribution in [0.2, 0.25) is 0 Å². The fourth-order valence-corrected chi connectivity index (χ4v) is 2.42. The fourth-order valence-electron chi connectivity index (χ4n) is 2.42. The van der Waals surface area contributed by atoms with Crippen molar-refractivity contribution in [2.75, 3.05) is 31.0 Å². The summed E-state index contributed by atoms with van der Waals surface area (Å²) in [4.78, 5) is 25.8. The van der Waals surface area contributed by atoms with Crippen molar-refractivity contribution in [3.63, 3.8) is 0 Å². The molecular formula is C17H16N2O4. The number of hydrogen-bond donors (Lipinski definition) is 1. The molecular weight excluding hydrogens is 296 g/mol. The molecule has 118 valence electrons. The molecule has 6 nitrogen and oxygen atoms in total. The van der Waals surface area contributed by atoms with E-state index < -0.39 is 0 Å². The van der Waals surface area contributed by atoms with Gasteiger partial charge in [0.1, 0.15) is 12.4 Å². The van der Waals surface area contributed by atoms with Crippen LogP contribution in [0.1, 0.15) is 10.4 Å². The van der Waals surface area contributed by atoms with Gasteiger partial charge in [-0.25, -0.2) is 0 Å². The third kappa shape index (κ3) is 2.89. The Bertz CT molecular complexity index is 773. The highest BCUT2D eigenvalue weighted by atomic mass is 16.5. The molecule has 0 aliphatic carbocycles. The average molecular weight is 312 g/mol. The monoisotopic (exact) mass is 312 g/mol. The summed E-state index contributed by atoms with van der Waals surface area (Å²) in [5, 5.41) is 2.68. The van der Waals surface area contributed by atoms with Crippen LogP contribution in [0.3, 0.4) is 0 Å². The van der Waals surface area contributed by atoms with E-state index in [9.17, 15) is 9.59 Å². The molecule has 2 aromatic carbocycles. The second kappa shape index (κ2) is 6.10. The van der Waals surface area contributed by atoms with Crippen LogP contribution in [0.25, 0.3) is 0 Å². The number of carbonyl (C=O) groups excluding carboxylic acids is 2. The zero-order valence-corrected chi connectivity index (χ0v) is 12.8. The summed E-state index contributed by atoms with van der Waals surface area (Å²) in [5.74, 6) is 0.577. The van der Waals surface area contributed by atoms with Gasteiger partial charge in [-0.2, -0.15) is 0 Å². The lowest BCUT2D eigenvalue weighted by Crippen LogP contribution is -2.25. The highest BCUT2D eigenvalue weighted by molar-refractivity contribution is 6.10. The van der Waals surface area contributed by atoms with E-state index in [0.717, 1.165) is 0 Å². The lowest BCUT2D eigenvalue weighted by molar-refractivity contribution is -0.119. The van der Waals surface area contributed by atoms with Crippen molar-refractivity contribution in [2.45, 2.75) is 0 Å². The Morgan fingerprint density at radius 2 is 2.00 bits per heavy atom. The minimum atomic E-state index is -0.286. The molecule has 1 aliphatic rings. The minimum Gasteiger partial charge on any atom is -0.454 e. The van der Waals surface area contributed by atoms with Crippen molar-refractivity contribution in [1.29, 1.82) is 0 Å². The van der Waals surface area contributed by atoms with E-state index in [2.05, 4.69) is 5.32 Å². The van der Waals surface area contributed by atoms with E-state index in [0.29, 0.717) is 28.4 Å². The molecule has 6 heteroatoms. The van der Waals surface area contributed by atoms with Gasteiger partial charge in [0.05, 0.1) is 11.3 Å². The Hall–Kier alpha value is -2.86. The second-order valence-corrected chi connectivity index (χ2v) is 5.13. The van der Waals surface area contributed by atoms with Crippen molar-refractivity contribution in [3.8, 4) is 11.5 Å². The Balaban J connectivity index is 1.97. The number of carbonyl (C=O) groups is 2. The van der Waals surface area contributed by atoms with Crippen molar-refractivity contribution in [1.82, 2.24) is 0 Å². The normalized spacial score (nSPS) is 12.8. The quantitative estimate of drug-likeness (QED) is 0.946. The van der Waals surface area contributed by atoms with E-state index in [1.54, 1.807) is 25.2 Å². The van der Waals surface area contributed by atoms with Crippen molar-refractivity contribution in [3.05, 3.63) is 48.0 Å². The van der Waals surface area contributed by atoms with Gasteiger partial charge < -0.3 is 19.7 Å². The summed E-state index contributed by atoms with van der Waals surface area (Å²) in [5.41, 5.74) is 1.60. The molecule has 0 fully saturated rings. The zero-order valence-electron chi connectivity index (χ0n) is 12.8. The number of rotatable bonds is 3. The van der Waals surface area contributed by atoms with Gasteiger partial charge in [0.25, 0.3) is 5.91 Å². The first-order valence-corrected chi connectivity index (χ1v) is 7.08. The van der Waals surface area contributed by atoms with Crippen molar-refractivity contribution < 1.29 is 19.1 Å². The first-order valence-electron chi connectivity index (χ1n) is 7.08. The topological polar surface area (TPSA) is 67.9 Å². The molecule has 1 aliphatic heterocycles. The van der Waals surface area contributed by atoms with Crippen LogP contribution < -0.4 is 15.0 Å². The summed E-state index contributed by atoms with van der Waals surface area (Å²) in [6, 6.07) is 12.3. The average Bonchev–Trinajstić information content (AvgIpc) is 2.65. The fraction of sp³-hybridized carbons (Fsp3) is 0.176. The number of ether oxygens (including phenoxy) is 2. The number of benzene rings is 2. The zero-order chi connectivity index (χ0) is 16.4. The molecule has 2 amide bonds. The predicted octanol–water partition coefficient (Wildman–Crippen LogP) is 2.65. The van der Waals surface area contributed by atoms with Gasteiger partial charge in [-0.1, -0.05) is 12.1 Å². The first-order chi connectivity index (χ1) is 11.1. The number of fused-ring (bicyclic) bond motifs is 2. The van der Waals surface area contributed by atoms with Crippen LogP contribution in [0.4, 0.5) is 11.4 Å². The van der Waals surface area contributed by atoms with Gasteiger partial charge in [-0.05, 0) is 30.3 Å². The Labute approximate surface area is 133 Å². The third-order valence-corrected chi connectivity index (χ3v) is 3.52. The molecule has 2 aromatic rings. The molecule has 0 saturated heterocycles. The number of nitrogens with one attached hydrogen (secondary N) is 1. The summed E-state index contributed by atoms with van der Waals surface area (Å²) < 4.78 is 10.6. The van der Waals surface area contributed by atoms with Crippen LogP contribution >= 0.6 is 0 Å². The molecule has 3 rings (SSSR count). The van der Waals surface area contributed by atoms with Crippen LogP contribution in [-0.2, 0) is 9.53 Å². The van der Waals surface area contributed by atoms with E-state index in [4.69, 9.17) is 9.47 Å². The van der Waals surface area contributed by atoms with Crippen LogP contribution in [0, 0.1) is 0 Å². The number of hydrogen-bond acceptors (Lipinski definition) is 4. The molecule has 23 heavy (non-hydrogen) atoms. The van der Waals surface area contributed by atoms with Gasteiger partial charge in [0.2, 0.25) is 5.91 Å². The maximum atomic E-state index is 12.7. The Morgan fingerprint density at radius 1 is 1.22 bits per heavy atom. The van der Waals surface area contributed by atoms with E-state index in [-0.39, 0.29) is 18.4 Å². The molecule has 0 radical (unpaired) electrons. The molecule has 1 heterocycles. The number of anilines is 2. The Morgan fingerprint density at radius 3 is 2.78 bits per heavy atom. The standard InChI is InChI=1S/C17H16N2O4/c1-19-13-5-3-4-6-15(13)23-14-8-7-11(9-12(14)17(19)21)18-16(20)10-22-2/h3-9H,10H2,1-2H3,(H,18,20). The van der Waals surface area contributed by atoms with Crippen LogP contribution in [0.15, 0.2) is 42.5 Å². The highest BCUT2D eigenvalue weighted by Crippen LogP contribution is 2.38. The molecule has 0 saturated carbocycles. The highest BCUT2D eigenvalue weighted by Gasteiger charge is 2.25. The number of amides is 2. The van der Waals surface area contributed by atoms with Gasteiger partial charge in [-0.15, -0.1) is 0 Å². The molecule has 0 spiro atoms. The minimum absolute atomic E-state index is 0.0487. The van der Waals surface area contributed by atoms with Crippen molar-refractivity contribution in [2.24, 2.45) is 0 Å². The summed E-state index contributed by atoms with van der Waals surface area (Å²) in [6.45, 7) is -0.0487. The molecule has 0 aromatic heterocycles. The smallest absolute Gasteiger partial charge is 0.261 e. The molecule has 1 N–H and O–H groups in total. The summed E-state index contributed by atoms with van der Waals surface area (Å²) >= 11 is 0. The largest absolute Gasteiger partial charge is 0.454 e. The number of nitrogens with zero attached hydrogens (tertiary/aromatic N) is 1. The van der Waals surface area contributed by atoms with E-state index in [1.165, 1.54) is 12.0 Å².